The number of esters is 1. The Kier molecular flexibility index (Phi) is 3.83. The van der Waals surface area contributed by atoms with Crippen molar-refractivity contribution in [3.05, 3.63) is 35.4 Å². The monoisotopic (exact) mass is 205 g/mol. The maximum atomic E-state index is 10.9. The van der Waals surface area contributed by atoms with E-state index in [9.17, 15) is 9.90 Å². The maximum Gasteiger partial charge on any atom is 0.308 e. The number of nitriles is 1. The molecule has 0 saturated carbocycles. The number of hydrogen-bond acceptors (Lipinski definition) is 4. The molecular formula is C11H11NO3. The molecule has 1 aromatic carbocycles. The highest BCUT2D eigenvalue weighted by Crippen LogP contribution is 2.20. The van der Waals surface area contributed by atoms with Crippen LogP contribution in [0.1, 0.15) is 23.7 Å². The highest BCUT2D eigenvalue weighted by Gasteiger charge is 2.15. The second-order valence-electron chi connectivity index (χ2n) is 3.00. The molecule has 0 radical (unpaired) electrons. The van der Waals surface area contributed by atoms with Gasteiger partial charge < -0.3 is 9.84 Å². The molecule has 4 heteroatoms. The number of nitrogens with zero attached hydrogens (tertiary/aromatic N) is 1. The van der Waals surface area contributed by atoms with Gasteiger partial charge in [0, 0.05) is 0 Å². The third kappa shape index (κ3) is 2.79. The van der Waals surface area contributed by atoms with E-state index in [0.29, 0.717) is 11.1 Å². The van der Waals surface area contributed by atoms with Gasteiger partial charge >= 0.3 is 5.97 Å². The summed E-state index contributed by atoms with van der Waals surface area (Å²) in [6.45, 7) is 0. The summed E-state index contributed by atoms with van der Waals surface area (Å²) < 4.78 is 4.43. The van der Waals surface area contributed by atoms with Gasteiger partial charge in [0.2, 0.25) is 0 Å². The molecule has 0 aromatic heterocycles. The Hall–Kier alpha value is -1.86. The number of hydrogen-bond donors (Lipinski definition) is 1. The van der Waals surface area contributed by atoms with Crippen LogP contribution in [0.4, 0.5) is 0 Å². The first-order valence-corrected chi connectivity index (χ1v) is 4.43. The van der Waals surface area contributed by atoms with Crippen molar-refractivity contribution in [1.29, 1.82) is 5.26 Å². The Balaban J connectivity index is 2.87. The van der Waals surface area contributed by atoms with Crippen molar-refractivity contribution in [3.63, 3.8) is 0 Å². The molecule has 0 heterocycles. The Morgan fingerprint density at radius 1 is 1.60 bits per heavy atom. The molecule has 0 spiro atoms. The summed E-state index contributed by atoms with van der Waals surface area (Å²) in [6.07, 6.45) is -1.14. The molecule has 0 bridgehead atoms. The molecule has 0 saturated heterocycles. The Labute approximate surface area is 87.7 Å². The zero-order valence-electron chi connectivity index (χ0n) is 8.30. The van der Waals surface area contributed by atoms with E-state index in [2.05, 4.69) is 4.74 Å². The third-order valence-electron chi connectivity index (χ3n) is 2.03. The van der Waals surface area contributed by atoms with Crippen molar-refractivity contribution in [3.8, 4) is 6.07 Å². The van der Waals surface area contributed by atoms with Crippen LogP contribution in [0.5, 0.6) is 0 Å². The fourth-order valence-corrected chi connectivity index (χ4v) is 1.24. The summed E-state index contributed by atoms with van der Waals surface area (Å²) in [5.74, 6) is -0.504. The number of rotatable bonds is 3. The van der Waals surface area contributed by atoms with Gasteiger partial charge in [-0.2, -0.15) is 5.26 Å². The number of aliphatic hydroxyl groups excluding tert-OH is 1. The van der Waals surface area contributed by atoms with Crippen LogP contribution in [-0.4, -0.2) is 18.2 Å². The maximum absolute atomic E-state index is 10.9. The fourth-order valence-electron chi connectivity index (χ4n) is 1.24. The lowest BCUT2D eigenvalue weighted by Crippen LogP contribution is -2.09. The van der Waals surface area contributed by atoms with Crippen LogP contribution in [0.25, 0.3) is 0 Å². The average molecular weight is 205 g/mol. The summed E-state index contributed by atoms with van der Waals surface area (Å²) >= 11 is 0. The van der Waals surface area contributed by atoms with Crippen molar-refractivity contribution in [1.82, 2.24) is 0 Å². The number of carbonyl (C=O) groups is 1. The zero-order chi connectivity index (χ0) is 11.3. The molecule has 0 aliphatic heterocycles. The van der Waals surface area contributed by atoms with Crippen LogP contribution in [0.3, 0.4) is 0 Å². The summed E-state index contributed by atoms with van der Waals surface area (Å²) in [6, 6.07) is 8.57. The summed E-state index contributed by atoms with van der Waals surface area (Å²) in [4.78, 5) is 10.9. The number of benzene rings is 1. The summed E-state index contributed by atoms with van der Waals surface area (Å²) in [7, 11) is 1.26. The van der Waals surface area contributed by atoms with Crippen LogP contribution < -0.4 is 0 Å². The fraction of sp³-hybridized carbons (Fsp3) is 0.273. The number of ether oxygens (including phenoxy) is 1. The van der Waals surface area contributed by atoms with E-state index in [1.807, 2.05) is 6.07 Å². The second kappa shape index (κ2) is 5.13. The second-order valence-corrected chi connectivity index (χ2v) is 3.00. The topological polar surface area (TPSA) is 70.3 Å². The number of methoxy groups -OCH3 is 1. The molecule has 1 unspecified atom stereocenters. The molecule has 1 aromatic rings. The predicted molar refractivity (Wildman–Crippen MR) is 52.7 cm³/mol. The zero-order valence-corrected chi connectivity index (χ0v) is 8.30. The standard InChI is InChI=1S/C11H11NO3/c1-15-11(14)6-10(13)9-5-3-2-4-8(9)7-12/h2-5,10,13H,6H2,1H3. The van der Waals surface area contributed by atoms with Crippen molar-refractivity contribution < 1.29 is 14.6 Å². The van der Waals surface area contributed by atoms with Gasteiger partial charge in [0.25, 0.3) is 0 Å². The van der Waals surface area contributed by atoms with Gasteiger partial charge in [-0.1, -0.05) is 18.2 Å². The highest BCUT2D eigenvalue weighted by atomic mass is 16.5. The van der Waals surface area contributed by atoms with Gasteiger partial charge in [0.15, 0.2) is 0 Å². The first-order chi connectivity index (χ1) is 7.19. The van der Waals surface area contributed by atoms with Crippen molar-refractivity contribution in [2.75, 3.05) is 7.11 Å². The lowest BCUT2D eigenvalue weighted by atomic mass is 10.0. The Morgan fingerprint density at radius 3 is 2.87 bits per heavy atom. The first-order valence-electron chi connectivity index (χ1n) is 4.43. The minimum absolute atomic E-state index is 0.144. The SMILES string of the molecule is COC(=O)CC(O)c1ccccc1C#N. The van der Waals surface area contributed by atoms with Gasteiger partial charge in [0.05, 0.1) is 31.3 Å². The molecule has 15 heavy (non-hydrogen) atoms. The van der Waals surface area contributed by atoms with Gasteiger partial charge in [-0.3, -0.25) is 4.79 Å². The van der Waals surface area contributed by atoms with Crippen molar-refractivity contribution in [2.45, 2.75) is 12.5 Å². The minimum Gasteiger partial charge on any atom is -0.469 e. The van der Waals surface area contributed by atoms with Crippen LogP contribution in [0.15, 0.2) is 24.3 Å². The number of carbonyl (C=O) groups excluding carboxylic acids is 1. The third-order valence-corrected chi connectivity index (χ3v) is 2.03. The average Bonchev–Trinajstić information content (AvgIpc) is 2.28. The predicted octanol–water partition coefficient (Wildman–Crippen LogP) is 1.15. The van der Waals surface area contributed by atoms with Crippen molar-refractivity contribution in [2.24, 2.45) is 0 Å². The highest BCUT2D eigenvalue weighted by molar-refractivity contribution is 5.70. The molecule has 78 valence electrons. The van der Waals surface area contributed by atoms with E-state index in [4.69, 9.17) is 5.26 Å². The largest absolute Gasteiger partial charge is 0.469 e. The Bertz CT molecular complexity index is 395. The normalized spacial score (nSPS) is 11.5. The molecular weight excluding hydrogens is 194 g/mol. The quantitative estimate of drug-likeness (QED) is 0.751. The van der Waals surface area contributed by atoms with Crippen LogP contribution in [0.2, 0.25) is 0 Å². The molecule has 1 rings (SSSR count). The van der Waals surface area contributed by atoms with E-state index in [0.717, 1.165) is 0 Å². The van der Waals surface area contributed by atoms with Crippen molar-refractivity contribution >= 4 is 5.97 Å². The molecule has 1 atom stereocenters. The van der Waals surface area contributed by atoms with E-state index in [1.54, 1.807) is 24.3 Å². The molecule has 0 aliphatic carbocycles. The molecule has 0 amide bonds. The van der Waals surface area contributed by atoms with Gasteiger partial charge in [-0.25, -0.2) is 0 Å². The lowest BCUT2D eigenvalue weighted by molar-refractivity contribution is -0.142. The molecule has 0 fully saturated rings. The lowest BCUT2D eigenvalue weighted by Gasteiger charge is -2.10. The van der Waals surface area contributed by atoms with Gasteiger partial charge in [-0.15, -0.1) is 0 Å². The number of aliphatic hydroxyl groups is 1. The van der Waals surface area contributed by atoms with Crippen LogP contribution in [-0.2, 0) is 9.53 Å². The van der Waals surface area contributed by atoms with E-state index < -0.39 is 12.1 Å². The van der Waals surface area contributed by atoms with E-state index in [-0.39, 0.29) is 6.42 Å². The molecule has 4 nitrogen and oxygen atoms in total. The van der Waals surface area contributed by atoms with Crippen LogP contribution in [0, 0.1) is 11.3 Å². The minimum atomic E-state index is -0.992. The summed E-state index contributed by atoms with van der Waals surface area (Å²) in [5.41, 5.74) is 0.819. The van der Waals surface area contributed by atoms with Gasteiger partial charge in [-0.05, 0) is 11.6 Å². The first kappa shape index (κ1) is 11.2. The van der Waals surface area contributed by atoms with E-state index >= 15 is 0 Å². The Morgan fingerprint density at radius 2 is 2.27 bits per heavy atom. The summed E-state index contributed by atoms with van der Waals surface area (Å²) in [5, 5.41) is 18.5. The van der Waals surface area contributed by atoms with Crippen LogP contribution >= 0.6 is 0 Å². The molecule has 1 N–H and O–H groups in total. The smallest absolute Gasteiger partial charge is 0.308 e. The van der Waals surface area contributed by atoms with E-state index in [1.165, 1.54) is 7.11 Å². The van der Waals surface area contributed by atoms with Gasteiger partial charge in [0.1, 0.15) is 0 Å². The molecule has 0 aliphatic rings.